The Labute approximate surface area is 218 Å². The number of aryl methyl sites for hydroxylation is 1. The Morgan fingerprint density at radius 1 is 1.24 bits per heavy atom. The zero-order valence-electron chi connectivity index (χ0n) is 19.1. The van der Waals surface area contributed by atoms with Crippen LogP contribution in [0.25, 0.3) is 10.6 Å². The van der Waals surface area contributed by atoms with Gasteiger partial charge in [0, 0.05) is 31.7 Å². The first-order valence-electron chi connectivity index (χ1n) is 10.8. The van der Waals surface area contributed by atoms with Crippen LogP contribution in [0.3, 0.4) is 0 Å². The molecule has 4 rings (SSSR count). The summed E-state index contributed by atoms with van der Waals surface area (Å²) in [6, 6.07) is 5.14. The Morgan fingerprint density at radius 2 is 2.03 bits per heavy atom. The number of nitrogens with one attached hydrogen (secondary N) is 3. The molecular weight excluding hydrogens is 560 g/mol. The number of sulfonamides is 1. The molecule has 2 aromatic heterocycles. The van der Waals surface area contributed by atoms with Crippen molar-refractivity contribution in [2.45, 2.75) is 31.7 Å². The molecule has 0 spiro atoms. The van der Waals surface area contributed by atoms with Crippen molar-refractivity contribution >= 4 is 44.6 Å². The molecule has 9 nitrogen and oxygen atoms in total. The Hall–Kier alpha value is -2.75. The summed E-state index contributed by atoms with van der Waals surface area (Å²) in [6.45, 7) is 2.64. The minimum atomic E-state index is -4.89. The SMILES string of the molecule is Cc1nc(Oc2ccc(NS(=O)(=O)CC(F)(F)F)cc2Cl)c(-c2ccnc(N[C@@H]3CNC[C@@H](F)C3)n2)s1. The van der Waals surface area contributed by atoms with Crippen molar-refractivity contribution in [1.29, 1.82) is 0 Å². The van der Waals surface area contributed by atoms with Crippen LogP contribution in [-0.4, -0.2) is 60.6 Å². The summed E-state index contributed by atoms with van der Waals surface area (Å²) in [6.07, 6.45) is -3.98. The van der Waals surface area contributed by atoms with Gasteiger partial charge in [-0.1, -0.05) is 11.6 Å². The summed E-state index contributed by atoms with van der Waals surface area (Å²) in [5.41, 5.74) is 0.335. The number of thiazole rings is 1. The van der Waals surface area contributed by atoms with E-state index >= 15 is 0 Å². The number of hydrogen-bond donors (Lipinski definition) is 3. The van der Waals surface area contributed by atoms with Crippen molar-refractivity contribution in [2.24, 2.45) is 0 Å². The maximum atomic E-state index is 13.7. The van der Waals surface area contributed by atoms with E-state index in [-0.39, 0.29) is 28.4 Å². The monoisotopic (exact) mass is 580 g/mol. The second-order valence-corrected chi connectivity index (χ2v) is 11.5. The lowest BCUT2D eigenvalue weighted by molar-refractivity contribution is -0.106. The van der Waals surface area contributed by atoms with E-state index in [0.29, 0.717) is 41.0 Å². The van der Waals surface area contributed by atoms with Crippen LogP contribution in [-0.2, 0) is 10.0 Å². The van der Waals surface area contributed by atoms with Gasteiger partial charge in [0.1, 0.15) is 16.8 Å². The van der Waals surface area contributed by atoms with Crippen molar-refractivity contribution in [1.82, 2.24) is 20.3 Å². The van der Waals surface area contributed by atoms with Gasteiger partial charge in [0.2, 0.25) is 21.9 Å². The van der Waals surface area contributed by atoms with Crippen molar-refractivity contribution in [3.05, 3.63) is 40.5 Å². The zero-order valence-corrected chi connectivity index (χ0v) is 21.5. The van der Waals surface area contributed by atoms with Gasteiger partial charge in [-0.3, -0.25) is 4.72 Å². The van der Waals surface area contributed by atoms with Crippen LogP contribution in [0.2, 0.25) is 5.02 Å². The molecule has 1 aromatic carbocycles. The van der Waals surface area contributed by atoms with Gasteiger partial charge in [-0.25, -0.2) is 27.8 Å². The molecular formula is C21H21ClF4N6O3S2. The molecule has 0 amide bonds. The standard InChI is InChI=1S/C21H21ClF4N6O3S2/c1-11-29-19(35-17-3-2-13(7-15(17)22)32-37(33,34)10-21(24,25)26)18(36-11)16-4-5-28-20(31-16)30-14-6-12(23)8-27-9-14/h2-5,7,12,14,27,32H,6,8-10H2,1H3,(H,28,30,31)/t12-,14-/m0/s1. The molecule has 200 valence electrons. The van der Waals surface area contributed by atoms with Gasteiger partial charge in [-0.2, -0.15) is 13.2 Å². The molecule has 16 heteroatoms. The van der Waals surface area contributed by atoms with Gasteiger partial charge in [0.15, 0.2) is 5.75 Å². The predicted octanol–water partition coefficient (Wildman–Crippen LogP) is 4.77. The minimum Gasteiger partial charge on any atom is -0.436 e. The lowest BCUT2D eigenvalue weighted by Gasteiger charge is -2.26. The Morgan fingerprint density at radius 3 is 2.73 bits per heavy atom. The fraction of sp³-hybridized carbons (Fsp3) is 0.381. The highest BCUT2D eigenvalue weighted by atomic mass is 35.5. The lowest BCUT2D eigenvalue weighted by Crippen LogP contribution is -2.44. The molecule has 1 aliphatic rings. The van der Waals surface area contributed by atoms with Crippen LogP contribution < -0.4 is 20.1 Å². The number of halogens is 5. The van der Waals surface area contributed by atoms with Crippen molar-refractivity contribution < 1.29 is 30.7 Å². The molecule has 1 saturated heterocycles. The Bertz CT molecular complexity index is 1370. The van der Waals surface area contributed by atoms with Crippen molar-refractivity contribution in [2.75, 3.05) is 28.9 Å². The molecule has 0 saturated carbocycles. The van der Waals surface area contributed by atoms with Crippen LogP contribution in [0.5, 0.6) is 11.6 Å². The largest absolute Gasteiger partial charge is 0.436 e. The van der Waals surface area contributed by atoms with E-state index in [1.54, 1.807) is 19.2 Å². The highest BCUT2D eigenvalue weighted by molar-refractivity contribution is 7.92. The highest BCUT2D eigenvalue weighted by Crippen LogP contribution is 2.39. The van der Waals surface area contributed by atoms with Gasteiger partial charge < -0.3 is 15.4 Å². The topological polar surface area (TPSA) is 118 Å². The number of alkyl halides is 4. The molecule has 1 aliphatic heterocycles. The number of nitrogens with zero attached hydrogens (tertiary/aromatic N) is 3. The first kappa shape index (κ1) is 27.3. The summed E-state index contributed by atoms with van der Waals surface area (Å²) in [4.78, 5) is 13.6. The fourth-order valence-corrected chi connectivity index (χ4v) is 5.58. The summed E-state index contributed by atoms with van der Waals surface area (Å²) in [5, 5.41) is 6.72. The number of hydrogen-bond acceptors (Lipinski definition) is 9. The number of piperidine rings is 1. The van der Waals surface area contributed by atoms with E-state index in [0.717, 1.165) is 6.07 Å². The summed E-state index contributed by atoms with van der Waals surface area (Å²) >= 11 is 7.51. The quantitative estimate of drug-likeness (QED) is 0.326. The average molecular weight is 581 g/mol. The van der Waals surface area contributed by atoms with E-state index in [9.17, 15) is 26.0 Å². The number of rotatable bonds is 8. The average Bonchev–Trinajstić information content (AvgIpc) is 3.14. The minimum absolute atomic E-state index is 0.0561. The Balaban J connectivity index is 1.52. The maximum absolute atomic E-state index is 13.7. The first-order chi connectivity index (χ1) is 17.4. The molecule has 37 heavy (non-hydrogen) atoms. The third-order valence-electron chi connectivity index (χ3n) is 4.99. The normalized spacial score (nSPS) is 18.4. The molecule has 0 aliphatic carbocycles. The van der Waals surface area contributed by atoms with Gasteiger partial charge in [-0.05, 0) is 31.2 Å². The molecule has 3 N–H and O–H groups in total. The fourth-order valence-electron chi connectivity index (χ4n) is 3.56. The first-order valence-corrected chi connectivity index (χ1v) is 13.7. The second kappa shape index (κ2) is 10.9. The highest BCUT2D eigenvalue weighted by Gasteiger charge is 2.35. The van der Waals surface area contributed by atoms with Crippen LogP contribution in [0.4, 0.5) is 29.2 Å². The maximum Gasteiger partial charge on any atom is 0.404 e. The van der Waals surface area contributed by atoms with Crippen molar-refractivity contribution in [3.63, 3.8) is 0 Å². The van der Waals surface area contributed by atoms with E-state index in [2.05, 4.69) is 25.6 Å². The van der Waals surface area contributed by atoms with Gasteiger partial charge in [-0.15, -0.1) is 11.3 Å². The molecule has 2 atom stereocenters. The van der Waals surface area contributed by atoms with Crippen LogP contribution in [0.1, 0.15) is 11.4 Å². The molecule has 0 bridgehead atoms. The predicted molar refractivity (Wildman–Crippen MR) is 133 cm³/mol. The number of aromatic nitrogens is 3. The lowest BCUT2D eigenvalue weighted by atomic mass is 10.1. The number of benzene rings is 1. The molecule has 0 radical (unpaired) electrons. The summed E-state index contributed by atoms with van der Waals surface area (Å²) in [7, 11) is -4.67. The number of anilines is 2. The van der Waals surface area contributed by atoms with Gasteiger partial charge >= 0.3 is 6.18 Å². The van der Waals surface area contributed by atoms with E-state index in [1.807, 2.05) is 4.72 Å². The Kier molecular flexibility index (Phi) is 8.06. The van der Waals surface area contributed by atoms with E-state index in [4.69, 9.17) is 16.3 Å². The van der Waals surface area contributed by atoms with Gasteiger partial charge in [0.25, 0.3) is 0 Å². The third kappa shape index (κ3) is 7.63. The van der Waals surface area contributed by atoms with Crippen LogP contribution in [0, 0.1) is 6.92 Å². The summed E-state index contributed by atoms with van der Waals surface area (Å²) in [5.74, 6) is -1.45. The summed E-state index contributed by atoms with van der Waals surface area (Å²) < 4.78 is 82.3. The molecule has 3 aromatic rings. The van der Waals surface area contributed by atoms with Crippen molar-refractivity contribution in [3.8, 4) is 22.2 Å². The zero-order chi connectivity index (χ0) is 26.8. The van der Waals surface area contributed by atoms with Crippen LogP contribution in [0.15, 0.2) is 30.5 Å². The van der Waals surface area contributed by atoms with E-state index < -0.39 is 28.1 Å². The third-order valence-corrected chi connectivity index (χ3v) is 7.51. The smallest absolute Gasteiger partial charge is 0.404 e. The molecule has 1 fully saturated rings. The van der Waals surface area contributed by atoms with E-state index in [1.165, 1.54) is 23.5 Å². The van der Waals surface area contributed by atoms with Crippen LogP contribution >= 0.6 is 22.9 Å². The molecule has 3 heterocycles. The van der Waals surface area contributed by atoms with Gasteiger partial charge in [0.05, 0.1) is 21.4 Å². The number of ether oxygens (including phenoxy) is 1. The second-order valence-electron chi connectivity index (χ2n) is 8.19. The molecule has 0 unspecified atom stereocenters.